The molecule has 4 aromatic rings. The lowest BCUT2D eigenvalue weighted by atomic mass is 10.0. The monoisotopic (exact) mass is 465 g/mol. The van der Waals surface area contributed by atoms with Crippen LogP contribution in [0.4, 0.5) is 0 Å². The number of imidazole rings is 1. The van der Waals surface area contributed by atoms with Crippen molar-refractivity contribution in [2.75, 3.05) is 40.3 Å². The van der Waals surface area contributed by atoms with Gasteiger partial charge in [-0.05, 0) is 92.6 Å². The number of aryl methyl sites for hydroxylation is 1. The molecule has 6 nitrogen and oxygen atoms in total. The first-order chi connectivity index (χ1) is 17.1. The number of benzene rings is 2. The molecule has 35 heavy (non-hydrogen) atoms. The number of aromatic nitrogens is 2. The fourth-order valence-electron chi connectivity index (χ4n) is 4.83. The normalized spacial score (nSPS) is 15.1. The number of pyridine rings is 1. The van der Waals surface area contributed by atoms with Crippen molar-refractivity contribution in [1.29, 1.82) is 5.26 Å². The average molecular weight is 466 g/mol. The standard InChI is InChI=1S/C29H31N5O/c1-21-17-23(5-6-24(21)18-30)25-9-12-28-31-29(22-7-10-26(35-3)11-8-22)27(34(28)19-25)20-33-14-4-13-32(2)15-16-33/h5-12,17,19H,4,13-16,20H2,1-3H3. The molecule has 0 saturated carbocycles. The molecular formula is C29H31N5O. The summed E-state index contributed by atoms with van der Waals surface area (Å²) >= 11 is 0. The van der Waals surface area contributed by atoms with Gasteiger partial charge in [0.25, 0.3) is 0 Å². The molecule has 0 radical (unpaired) electrons. The summed E-state index contributed by atoms with van der Waals surface area (Å²) in [5.41, 5.74) is 8.15. The number of methoxy groups -OCH3 is 1. The molecule has 1 aliphatic rings. The van der Waals surface area contributed by atoms with Gasteiger partial charge in [0.05, 0.1) is 30.1 Å². The van der Waals surface area contributed by atoms with E-state index in [0.29, 0.717) is 5.56 Å². The summed E-state index contributed by atoms with van der Waals surface area (Å²) in [7, 11) is 3.89. The van der Waals surface area contributed by atoms with Gasteiger partial charge in [0.2, 0.25) is 0 Å². The predicted octanol–water partition coefficient (Wildman–Crippen LogP) is 4.99. The second kappa shape index (κ2) is 9.91. The Morgan fingerprint density at radius 2 is 1.71 bits per heavy atom. The van der Waals surface area contributed by atoms with Crippen molar-refractivity contribution in [3.8, 4) is 34.2 Å². The lowest BCUT2D eigenvalue weighted by molar-refractivity contribution is 0.266. The number of likely N-dealkylation sites (N-methyl/N-ethyl adjacent to an activating group) is 1. The van der Waals surface area contributed by atoms with Crippen molar-refractivity contribution < 1.29 is 4.74 Å². The molecule has 0 bridgehead atoms. The Morgan fingerprint density at radius 1 is 0.943 bits per heavy atom. The highest BCUT2D eigenvalue weighted by atomic mass is 16.5. The Balaban J connectivity index is 1.60. The van der Waals surface area contributed by atoms with E-state index in [1.165, 1.54) is 12.1 Å². The van der Waals surface area contributed by atoms with Crippen molar-refractivity contribution in [2.45, 2.75) is 19.9 Å². The quantitative estimate of drug-likeness (QED) is 0.415. The summed E-state index contributed by atoms with van der Waals surface area (Å²) in [6.07, 6.45) is 3.36. The van der Waals surface area contributed by atoms with E-state index >= 15 is 0 Å². The minimum absolute atomic E-state index is 0.714. The first kappa shape index (κ1) is 23.1. The van der Waals surface area contributed by atoms with Crippen LogP contribution in [0.15, 0.2) is 60.8 Å². The molecule has 0 atom stereocenters. The van der Waals surface area contributed by atoms with Gasteiger partial charge in [0, 0.05) is 31.4 Å². The summed E-state index contributed by atoms with van der Waals surface area (Å²) in [5, 5.41) is 9.32. The third-order valence-electron chi connectivity index (χ3n) is 6.95. The van der Waals surface area contributed by atoms with Gasteiger partial charge in [-0.3, -0.25) is 4.90 Å². The summed E-state index contributed by atoms with van der Waals surface area (Å²) in [4.78, 5) is 10.0. The Bertz CT molecular complexity index is 1380. The van der Waals surface area contributed by atoms with Crippen molar-refractivity contribution in [2.24, 2.45) is 0 Å². The molecule has 2 aromatic heterocycles. The zero-order chi connectivity index (χ0) is 24.4. The largest absolute Gasteiger partial charge is 0.497 e. The van der Waals surface area contributed by atoms with Crippen LogP contribution in [0.5, 0.6) is 5.75 Å². The van der Waals surface area contributed by atoms with E-state index in [4.69, 9.17) is 9.72 Å². The van der Waals surface area contributed by atoms with E-state index in [-0.39, 0.29) is 0 Å². The minimum Gasteiger partial charge on any atom is -0.497 e. The molecule has 1 saturated heterocycles. The molecule has 0 aliphatic carbocycles. The molecule has 0 N–H and O–H groups in total. The van der Waals surface area contributed by atoms with Crippen molar-refractivity contribution in [3.63, 3.8) is 0 Å². The second-order valence-electron chi connectivity index (χ2n) is 9.36. The van der Waals surface area contributed by atoms with Gasteiger partial charge in [-0.15, -0.1) is 0 Å². The maximum atomic E-state index is 9.32. The van der Waals surface area contributed by atoms with Crippen LogP contribution in [0.1, 0.15) is 23.2 Å². The lowest BCUT2D eigenvalue weighted by Gasteiger charge is -2.21. The molecule has 178 valence electrons. The van der Waals surface area contributed by atoms with Crippen molar-refractivity contribution in [1.82, 2.24) is 19.2 Å². The smallest absolute Gasteiger partial charge is 0.137 e. The van der Waals surface area contributed by atoms with Crippen LogP contribution in [-0.4, -0.2) is 59.5 Å². The fourth-order valence-corrected chi connectivity index (χ4v) is 4.83. The Hall–Kier alpha value is -3.66. The van der Waals surface area contributed by atoms with E-state index < -0.39 is 0 Å². The Labute approximate surface area is 207 Å². The first-order valence-electron chi connectivity index (χ1n) is 12.1. The van der Waals surface area contributed by atoms with Crippen molar-refractivity contribution >= 4 is 5.65 Å². The molecule has 6 heteroatoms. The zero-order valence-corrected chi connectivity index (χ0v) is 20.7. The lowest BCUT2D eigenvalue weighted by Crippen LogP contribution is -2.29. The van der Waals surface area contributed by atoms with Crippen LogP contribution < -0.4 is 4.74 Å². The maximum Gasteiger partial charge on any atom is 0.137 e. The highest BCUT2D eigenvalue weighted by Gasteiger charge is 2.20. The molecule has 0 amide bonds. The zero-order valence-electron chi connectivity index (χ0n) is 20.7. The Kier molecular flexibility index (Phi) is 6.54. The average Bonchev–Trinajstić information content (AvgIpc) is 3.10. The van der Waals surface area contributed by atoms with Crippen LogP contribution in [-0.2, 0) is 6.54 Å². The number of nitrogens with zero attached hydrogens (tertiary/aromatic N) is 5. The SMILES string of the molecule is COc1ccc(-c2nc3ccc(-c4ccc(C#N)c(C)c4)cn3c2CN2CCCN(C)CC2)cc1. The predicted molar refractivity (Wildman–Crippen MR) is 139 cm³/mol. The van der Waals surface area contributed by atoms with Crippen LogP contribution >= 0.6 is 0 Å². The highest BCUT2D eigenvalue weighted by Crippen LogP contribution is 2.30. The molecule has 3 heterocycles. The van der Waals surface area contributed by atoms with Gasteiger partial charge in [0.1, 0.15) is 11.4 Å². The molecule has 0 unspecified atom stereocenters. The second-order valence-corrected chi connectivity index (χ2v) is 9.36. The van der Waals surface area contributed by atoms with Crippen LogP contribution in [0.3, 0.4) is 0 Å². The minimum atomic E-state index is 0.714. The van der Waals surface area contributed by atoms with Gasteiger partial charge >= 0.3 is 0 Å². The van der Waals surface area contributed by atoms with Gasteiger partial charge < -0.3 is 14.0 Å². The molecular weight excluding hydrogens is 434 g/mol. The van der Waals surface area contributed by atoms with E-state index in [9.17, 15) is 5.26 Å². The molecule has 0 spiro atoms. The number of hydrogen-bond donors (Lipinski definition) is 0. The first-order valence-corrected chi connectivity index (χ1v) is 12.1. The molecule has 5 rings (SSSR count). The Morgan fingerprint density at radius 3 is 2.46 bits per heavy atom. The van der Waals surface area contributed by atoms with Crippen LogP contribution in [0.2, 0.25) is 0 Å². The number of fused-ring (bicyclic) bond motifs is 1. The summed E-state index contributed by atoms with van der Waals surface area (Å²) in [6.45, 7) is 7.16. The number of ether oxygens (including phenoxy) is 1. The maximum absolute atomic E-state index is 9.32. The highest BCUT2D eigenvalue weighted by molar-refractivity contribution is 5.71. The van der Waals surface area contributed by atoms with Gasteiger partial charge in [-0.1, -0.05) is 12.1 Å². The topological polar surface area (TPSA) is 56.8 Å². The van der Waals surface area contributed by atoms with Gasteiger partial charge in [0.15, 0.2) is 0 Å². The van der Waals surface area contributed by atoms with E-state index in [0.717, 1.165) is 72.1 Å². The molecule has 1 aliphatic heterocycles. The van der Waals surface area contributed by atoms with E-state index in [2.05, 4.69) is 63.8 Å². The summed E-state index contributed by atoms with van der Waals surface area (Å²) < 4.78 is 7.62. The van der Waals surface area contributed by atoms with Crippen LogP contribution in [0.25, 0.3) is 28.0 Å². The fraction of sp³-hybridized carbons (Fsp3) is 0.310. The molecule has 2 aromatic carbocycles. The third-order valence-corrected chi connectivity index (χ3v) is 6.95. The van der Waals surface area contributed by atoms with Gasteiger partial charge in [-0.2, -0.15) is 5.26 Å². The van der Waals surface area contributed by atoms with E-state index in [1.54, 1.807) is 7.11 Å². The van der Waals surface area contributed by atoms with E-state index in [1.807, 2.05) is 31.2 Å². The molecule has 1 fully saturated rings. The van der Waals surface area contributed by atoms with Gasteiger partial charge in [-0.25, -0.2) is 4.98 Å². The third kappa shape index (κ3) is 4.79. The summed E-state index contributed by atoms with van der Waals surface area (Å²) in [5.74, 6) is 0.841. The number of hydrogen-bond acceptors (Lipinski definition) is 5. The van der Waals surface area contributed by atoms with Crippen molar-refractivity contribution in [3.05, 3.63) is 77.6 Å². The number of rotatable bonds is 5. The number of nitriles is 1. The van der Waals surface area contributed by atoms with Crippen LogP contribution in [0, 0.1) is 18.3 Å². The summed E-state index contributed by atoms with van der Waals surface area (Å²) in [6, 6.07) is 20.7.